The van der Waals surface area contributed by atoms with E-state index in [1.165, 1.54) is 18.9 Å². The molecule has 0 radical (unpaired) electrons. The molecule has 1 aliphatic rings. The van der Waals surface area contributed by atoms with Crippen LogP contribution in [0.5, 0.6) is 0 Å². The molecule has 0 fully saturated rings. The molecule has 0 saturated carbocycles. The van der Waals surface area contributed by atoms with E-state index in [-0.39, 0.29) is 5.91 Å². The van der Waals surface area contributed by atoms with Crippen molar-refractivity contribution in [1.82, 2.24) is 14.7 Å². The van der Waals surface area contributed by atoms with Crippen molar-refractivity contribution in [1.29, 1.82) is 0 Å². The number of carboxylic acid groups (broad SMARTS) is 1. The number of rotatable bonds is 4. The molecule has 1 heterocycles. The van der Waals surface area contributed by atoms with Crippen LogP contribution in [0.4, 0.5) is 0 Å². The standard InChI is InChI=1S/C17H19N3O3/c1-11(17(22)23)19(2)16(21)15-13-9-6-10-14(13)20(18-15)12-7-4-3-5-8-12/h3-5,7-8,11H,6,9-10H2,1-2H3,(H,22,23). The maximum absolute atomic E-state index is 12.7. The summed E-state index contributed by atoms with van der Waals surface area (Å²) in [6.07, 6.45) is 2.67. The number of hydrogen-bond acceptors (Lipinski definition) is 3. The zero-order chi connectivity index (χ0) is 16.6. The van der Waals surface area contributed by atoms with E-state index in [0.717, 1.165) is 36.2 Å². The summed E-state index contributed by atoms with van der Waals surface area (Å²) < 4.78 is 1.81. The third-order valence-corrected chi connectivity index (χ3v) is 4.39. The van der Waals surface area contributed by atoms with Crippen LogP contribution in [-0.4, -0.2) is 44.8 Å². The summed E-state index contributed by atoms with van der Waals surface area (Å²) in [5.41, 5.74) is 3.29. The number of benzene rings is 1. The van der Waals surface area contributed by atoms with Crippen LogP contribution in [-0.2, 0) is 17.6 Å². The molecule has 6 heteroatoms. The fourth-order valence-electron chi connectivity index (χ4n) is 2.90. The minimum Gasteiger partial charge on any atom is -0.480 e. The molecule has 0 saturated heterocycles. The predicted molar refractivity (Wildman–Crippen MR) is 84.8 cm³/mol. The van der Waals surface area contributed by atoms with Gasteiger partial charge in [-0.25, -0.2) is 9.48 Å². The van der Waals surface area contributed by atoms with Crippen LogP contribution in [0.1, 0.15) is 35.1 Å². The van der Waals surface area contributed by atoms with Gasteiger partial charge in [-0.15, -0.1) is 0 Å². The molecule has 1 aliphatic carbocycles. The highest BCUT2D eigenvalue weighted by Gasteiger charge is 2.31. The molecule has 1 aromatic carbocycles. The van der Waals surface area contributed by atoms with Crippen LogP contribution in [0.3, 0.4) is 0 Å². The molecule has 1 N–H and O–H groups in total. The molecule has 0 bridgehead atoms. The van der Waals surface area contributed by atoms with E-state index in [9.17, 15) is 9.59 Å². The second-order valence-corrected chi connectivity index (χ2v) is 5.81. The Balaban J connectivity index is 2.01. The SMILES string of the molecule is CC(C(=O)O)N(C)C(=O)c1nn(-c2ccccc2)c2c1CCC2. The minimum atomic E-state index is -1.03. The van der Waals surface area contributed by atoms with Crippen molar-refractivity contribution in [2.75, 3.05) is 7.05 Å². The van der Waals surface area contributed by atoms with Gasteiger partial charge in [0.15, 0.2) is 5.69 Å². The second-order valence-electron chi connectivity index (χ2n) is 5.81. The molecule has 1 unspecified atom stereocenters. The van der Waals surface area contributed by atoms with Crippen molar-refractivity contribution in [3.05, 3.63) is 47.3 Å². The quantitative estimate of drug-likeness (QED) is 0.935. The monoisotopic (exact) mass is 313 g/mol. The fourth-order valence-corrected chi connectivity index (χ4v) is 2.90. The molecule has 120 valence electrons. The van der Waals surface area contributed by atoms with Crippen molar-refractivity contribution in [2.45, 2.75) is 32.2 Å². The number of hydrogen-bond donors (Lipinski definition) is 1. The average molecular weight is 313 g/mol. The van der Waals surface area contributed by atoms with E-state index < -0.39 is 12.0 Å². The van der Waals surface area contributed by atoms with Gasteiger partial charge in [0.05, 0.1) is 5.69 Å². The van der Waals surface area contributed by atoms with Gasteiger partial charge in [-0.05, 0) is 38.3 Å². The maximum atomic E-state index is 12.7. The number of amides is 1. The number of carboxylic acids is 1. The van der Waals surface area contributed by atoms with Crippen LogP contribution in [0.25, 0.3) is 5.69 Å². The van der Waals surface area contributed by atoms with Gasteiger partial charge in [0.1, 0.15) is 6.04 Å². The van der Waals surface area contributed by atoms with Gasteiger partial charge in [-0.3, -0.25) is 4.79 Å². The Morgan fingerprint density at radius 2 is 1.96 bits per heavy atom. The number of carbonyl (C=O) groups excluding carboxylic acids is 1. The topological polar surface area (TPSA) is 75.4 Å². The largest absolute Gasteiger partial charge is 0.480 e. The van der Waals surface area contributed by atoms with Crippen LogP contribution in [0, 0.1) is 0 Å². The highest BCUT2D eigenvalue weighted by molar-refractivity contribution is 5.96. The number of para-hydroxylation sites is 1. The lowest BCUT2D eigenvalue weighted by atomic mass is 10.1. The number of nitrogens with zero attached hydrogens (tertiary/aromatic N) is 3. The Labute approximate surface area is 134 Å². The first kappa shape index (κ1) is 15.3. The number of fused-ring (bicyclic) bond motifs is 1. The Bertz CT molecular complexity index is 752. The van der Waals surface area contributed by atoms with E-state index in [2.05, 4.69) is 5.10 Å². The maximum Gasteiger partial charge on any atom is 0.326 e. The number of aromatic nitrogens is 2. The Morgan fingerprint density at radius 1 is 1.26 bits per heavy atom. The van der Waals surface area contributed by atoms with Crippen molar-refractivity contribution >= 4 is 11.9 Å². The first-order valence-corrected chi connectivity index (χ1v) is 7.67. The zero-order valence-corrected chi connectivity index (χ0v) is 13.2. The van der Waals surface area contributed by atoms with Crippen molar-refractivity contribution < 1.29 is 14.7 Å². The third kappa shape index (κ3) is 2.60. The summed E-state index contributed by atoms with van der Waals surface area (Å²) in [7, 11) is 1.50. The molecule has 1 amide bonds. The molecular weight excluding hydrogens is 294 g/mol. The molecule has 1 aromatic heterocycles. The van der Waals surface area contributed by atoms with Gasteiger partial charge in [-0.1, -0.05) is 18.2 Å². The van der Waals surface area contributed by atoms with Gasteiger partial charge >= 0.3 is 5.97 Å². The Hall–Kier alpha value is -2.63. The van der Waals surface area contributed by atoms with Crippen LogP contribution < -0.4 is 0 Å². The van der Waals surface area contributed by atoms with E-state index >= 15 is 0 Å². The Kier molecular flexibility index (Phi) is 3.90. The highest BCUT2D eigenvalue weighted by atomic mass is 16.4. The molecule has 1 atom stereocenters. The summed E-state index contributed by atoms with van der Waals surface area (Å²) in [6, 6.07) is 8.80. The first-order chi connectivity index (χ1) is 11.0. The molecule has 23 heavy (non-hydrogen) atoms. The van der Waals surface area contributed by atoms with Crippen LogP contribution >= 0.6 is 0 Å². The van der Waals surface area contributed by atoms with E-state index in [1.807, 2.05) is 35.0 Å². The third-order valence-electron chi connectivity index (χ3n) is 4.39. The van der Waals surface area contributed by atoms with Gasteiger partial charge in [0, 0.05) is 18.3 Å². The van der Waals surface area contributed by atoms with Gasteiger partial charge in [0.2, 0.25) is 0 Å². The summed E-state index contributed by atoms with van der Waals surface area (Å²) in [4.78, 5) is 25.0. The summed E-state index contributed by atoms with van der Waals surface area (Å²) in [5, 5.41) is 13.6. The number of likely N-dealkylation sites (N-methyl/N-ethyl adjacent to an activating group) is 1. The number of aliphatic carboxylic acids is 1. The molecule has 2 aromatic rings. The highest BCUT2D eigenvalue weighted by Crippen LogP contribution is 2.28. The lowest BCUT2D eigenvalue weighted by Crippen LogP contribution is -2.40. The summed E-state index contributed by atoms with van der Waals surface area (Å²) in [5.74, 6) is -1.37. The van der Waals surface area contributed by atoms with E-state index in [1.54, 1.807) is 0 Å². The molecule has 6 nitrogen and oxygen atoms in total. The van der Waals surface area contributed by atoms with Gasteiger partial charge in [0.25, 0.3) is 5.91 Å². The van der Waals surface area contributed by atoms with Crippen molar-refractivity contribution in [3.8, 4) is 5.69 Å². The average Bonchev–Trinajstić information content (AvgIpc) is 3.15. The molecule has 0 aliphatic heterocycles. The second kappa shape index (κ2) is 5.87. The smallest absolute Gasteiger partial charge is 0.326 e. The van der Waals surface area contributed by atoms with Crippen molar-refractivity contribution in [2.24, 2.45) is 0 Å². The van der Waals surface area contributed by atoms with Crippen molar-refractivity contribution in [3.63, 3.8) is 0 Å². The first-order valence-electron chi connectivity index (χ1n) is 7.67. The fraction of sp³-hybridized carbons (Fsp3) is 0.353. The molecular formula is C17H19N3O3. The van der Waals surface area contributed by atoms with E-state index in [4.69, 9.17) is 5.11 Å². The van der Waals surface area contributed by atoms with Gasteiger partial charge in [-0.2, -0.15) is 5.10 Å². The Morgan fingerprint density at radius 3 is 2.61 bits per heavy atom. The normalized spacial score (nSPS) is 14.3. The summed E-state index contributed by atoms with van der Waals surface area (Å²) >= 11 is 0. The predicted octanol–water partition coefficient (Wildman–Crippen LogP) is 1.91. The lowest BCUT2D eigenvalue weighted by molar-refractivity contribution is -0.141. The number of carbonyl (C=O) groups is 2. The molecule has 0 spiro atoms. The van der Waals surface area contributed by atoms with E-state index in [0.29, 0.717) is 5.69 Å². The minimum absolute atomic E-state index is 0.340. The van der Waals surface area contributed by atoms with Crippen LogP contribution in [0.15, 0.2) is 30.3 Å². The van der Waals surface area contributed by atoms with Crippen LogP contribution in [0.2, 0.25) is 0 Å². The lowest BCUT2D eigenvalue weighted by Gasteiger charge is -2.20. The summed E-state index contributed by atoms with van der Waals surface area (Å²) in [6.45, 7) is 1.49. The zero-order valence-electron chi connectivity index (χ0n) is 13.2. The molecule has 3 rings (SSSR count). The van der Waals surface area contributed by atoms with Gasteiger partial charge < -0.3 is 10.0 Å².